The van der Waals surface area contributed by atoms with Crippen molar-refractivity contribution in [3.63, 3.8) is 0 Å². The monoisotopic (exact) mass is 406 g/mol. The van der Waals surface area contributed by atoms with E-state index in [9.17, 15) is 20.1 Å². The molecule has 28 heavy (non-hydrogen) atoms. The van der Waals surface area contributed by atoms with Gasteiger partial charge in [-0.05, 0) is 6.42 Å². The summed E-state index contributed by atoms with van der Waals surface area (Å²) in [5, 5.41) is 38.6. The van der Waals surface area contributed by atoms with Crippen molar-refractivity contribution in [1.29, 1.82) is 0 Å². The third-order valence-corrected chi connectivity index (χ3v) is 4.94. The van der Waals surface area contributed by atoms with Crippen LogP contribution in [0.1, 0.15) is 71.1 Å². The highest BCUT2D eigenvalue weighted by Crippen LogP contribution is 2.20. The fraction of sp³-hybridized carbons (Fsp3) is 0.950. The number of carbonyl (C=O) groups excluding carboxylic acids is 1. The minimum atomic E-state index is -1.69. The zero-order valence-corrected chi connectivity index (χ0v) is 17.0. The third kappa shape index (κ3) is 9.62. The molecule has 0 unspecified atom stereocenters. The summed E-state index contributed by atoms with van der Waals surface area (Å²) in [5.41, 5.74) is 0. The molecule has 0 aromatic heterocycles. The van der Waals surface area contributed by atoms with Crippen molar-refractivity contribution in [1.82, 2.24) is 0 Å². The molecule has 0 saturated carbocycles. The van der Waals surface area contributed by atoms with Gasteiger partial charge in [-0.3, -0.25) is 4.79 Å². The molecule has 1 fully saturated rings. The molecule has 1 aliphatic heterocycles. The molecule has 1 aliphatic rings. The highest BCUT2D eigenvalue weighted by atomic mass is 16.7. The van der Waals surface area contributed by atoms with Gasteiger partial charge in [-0.1, -0.05) is 58.3 Å². The molecule has 0 bridgehead atoms. The van der Waals surface area contributed by atoms with Gasteiger partial charge in [0.2, 0.25) is 0 Å². The zero-order chi connectivity index (χ0) is 20.8. The van der Waals surface area contributed by atoms with E-state index in [2.05, 4.69) is 6.92 Å². The number of aliphatic hydroxyl groups is 4. The molecule has 1 rings (SSSR count). The molecule has 8 nitrogen and oxygen atoms in total. The predicted molar refractivity (Wildman–Crippen MR) is 103 cm³/mol. The van der Waals surface area contributed by atoms with Crippen molar-refractivity contribution >= 4 is 5.97 Å². The highest BCUT2D eigenvalue weighted by molar-refractivity contribution is 5.69. The molecule has 1 saturated heterocycles. The number of esters is 1. The lowest BCUT2D eigenvalue weighted by Gasteiger charge is -2.31. The molecular weight excluding hydrogens is 368 g/mol. The highest BCUT2D eigenvalue weighted by Gasteiger charge is 2.41. The second-order valence-electron chi connectivity index (χ2n) is 7.37. The summed E-state index contributed by atoms with van der Waals surface area (Å²) in [6, 6.07) is 0. The minimum absolute atomic E-state index is 0.199. The predicted octanol–water partition coefficient (Wildman–Crippen LogP) is 1.27. The molecule has 1 heterocycles. The first kappa shape index (κ1) is 25.3. The van der Waals surface area contributed by atoms with Crippen molar-refractivity contribution in [3.05, 3.63) is 0 Å². The van der Waals surface area contributed by atoms with Crippen LogP contribution in [0.5, 0.6) is 0 Å². The van der Waals surface area contributed by atoms with Crippen LogP contribution in [-0.4, -0.2) is 76.9 Å². The zero-order valence-electron chi connectivity index (χ0n) is 17.0. The van der Waals surface area contributed by atoms with Gasteiger partial charge >= 0.3 is 5.97 Å². The van der Waals surface area contributed by atoms with Crippen LogP contribution in [0.3, 0.4) is 0 Å². The van der Waals surface area contributed by atoms with Crippen molar-refractivity contribution in [2.24, 2.45) is 0 Å². The summed E-state index contributed by atoms with van der Waals surface area (Å²) >= 11 is 0. The van der Waals surface area contributed by atoms with Gasteiger partial charge < -0.3 is 34.6 Å². The first-order valence-electron chi connectivity index (χ1n) is 10.6. The smallest absolute Gasteiger partial charge is 0.306 e. The van der Waals surface area contributed by atoms with Gasteiger partial charge in [0.15, 0.2) is 12.4 Å². The fourth-order valence-electron chi connectivity index (χ4n) is 3.17. The molecule has 0 spiro atoms. The van der Waals surface area contributed by atoms with Crippen LogP contribution in [0.15, 0.2) is 0 Å². The maximum Gasteiger partial charge on any atom is 0.306 e. The Morgan fingerprint density at radius 2 is 1.46 bits per heavy atom. The van der Waals surface area contributed by atoms with Crippen LogP contribution in [0.25, 0.3) is 0 Å². The largest absolute Gasteiger partial charge is 0.454 e. The first-order chi connectivity index (χ1) is 13.5. The Morgan fingerprint density at radius 1 is 0.929 bits per heavy atom. The van der Waals surface area contributed by atoms with Crippen molar-refractivity contribution < 1.29 is 39.4 Å². The molecular formula is C20H38O8. The summed E-state index contributed by atoms with van der Waals surface area (Å²) in [7, 11) is 0. The molecule has 0 amide bonds. The number of unbranched alkanes of at least 4 members (excludes halogenated alkanes) is 8. The van der Waals surface area contributed by atoms with E-state index < -0.39 is 43.3 Å². The fourth-order valence-corrected chi connectivity index (χ4v) is 3.17. The average molecular weight is 407 g/mol. The van der Waals surface area contributed by atoms with Crippen LogP contribution in [0.4, 0.5) is 0 Å². The van der Waals surface area contributed by atoms with E-state index in [1.54, 1.807) is 0 Å². The van der Waals surface area contributed by atoms with Crippen LogP contribution in [0, 0.1) is 0 Å². The average Bonchev–Trinajstić information content (AvgIpc) is 3.23. The molecule has 0 aromatic carbocycles. The topological polar surface area (TPSA) is 126 Å². The van der Waals surface area contributed by atoms with E-state index in [0.29, 0.717) is 6.42 Å². The Bertz CT molecular complexity index is 400. The summed E-state index contributed by atoms with van der Waals surface area (Å²) in [4.78, 5) is 12.1. The summed E-state index contributed by atoms with van der Waals surface area (Å²) < 4.78 is 15.9. The Kier molecular flexibility index (Phi) is 13.6. The van der Waals surface area contributed by atoms with Crippen molar-refractivity contribution in [3.8, 4) is 0 Å². The van der Waals surface area contributed by atoms with Gasteiger partial charge in [0.05, 0.1) is 19.8 Å². The maximum atomic E-state index is 12.1. The lowest BCUT2D eigenvalue weighted by molar-refractivity contribution is -0.210. The molecule has 0 aliphatic carbocycles. The van der Waals surface area contributed by atoms with Crippen molar-refractivity contribution in [2.75, 3.05) is 19.8 Å². The lowest BCUT2D eigenvalue weighted by atomic mass is 10.0. The number of ether oxygens (including phenoxy) is 3. The Balaban J connectivity index is 2.33. The number of carbonyl (C=O) groups is 1. The SMILES string of the molecule is CCCCCCCCCCCC(=O)O[C@@H](C1OCCO1)[C@@H](O)[C@H](O)[C@H](O)CO. The summed E-state index contributed by atoms with van der Waals surface area (Å²) in [6.45, 7) is 2.03. The third-order valence-electron chi connectivity index (χ3n) is 4.94. The normalized spacial score (nSPS) is 19.3. The maximum absolute atomic E-state index is 12.1. The quantitative estimate of drug-likeness (QED) is 0.223. The van der Waals surface area contributed by atoms with E-state index >= 15 is 0 Å². The molecule has 0 radical (unpaired) electrons. The van der Waals surface area contributed by atoms with Crippen LogP contribution in [-0.2, 0) is 19.0 Å². The molecule has 4 atom stereocenters. The standard InChI is InChI=1S/C20H38O8/c1-2-3-4-5-6-7-8-9-10-11-16(23)28-19(20-26-12-13-27-20)18(25)17(24)15(22)14-21/h15,17-22,24-25H,2-14H2,1H3/t15-,17-,18+,19-/m1/s1. The number of hydrogen-bond acceptors (Lipinski definition) is 8. The van der Waals surface area contributed by atoms with E-state index in [1.807, 2.05) is 0 Å². The minimum Gasteiger partial charge on any atom is -0.454 e. The molecule has 4 N–H and O–H groups in total. The second kappa shape index (κ2) is 15.1. The Hall–Kier alpha value is -0.770. The van der Waals surface area contributed by atoms with Gasteiger partial charge in [0.1, 0.15) is 18.3 Å². The number of aliphatic hydroxyl groups excluding tert-OH is 4. The molecule has 8 heteroatoms. The van der Waals surface area contributed by atoms with Gasteiger partial charge in [-0.25, -0.2) is 0 Å². The van der Waals surface area contributed by atoms with Gasteiger partial charge in [0, 0.05) is 6.42 Å². The van der Waals surface area contributed by atoms with Crippen LogP contribution < -0.4 is 0 Å². The molecule has 0 aromatic rings. The Morgan fingerprint density at radius 3 is 2.00 bits per heavy atom. The summed E-state index contributed by atoms with van der Waals surface area (Å²) in [6.07, 6.45) is 3.17. The van der Waals surface area contributed by atoms with Crippen molar-refractivity contribution in [2.45, 2.75) is 102 Å². The van der Waals surface area contributed by atoms with Gasteiger partial charge in [0.25, 0.3) is 0 Å². The van der Waals surface area contributed by atoms with E-state index in [4.69, 9.17) is 19.3 Å². The summed E-state index contributed by atoms with van der Waals surface area (Å²) in [5.74, 6) is -0.517. The number of rotatable bonds is 16. The van der Waals surface area contributed by atoms with Crippen LogP contribution >= 0.6 is 0 Å². The number of hydrogen-bond donors (Lipinski definition) is 4. The second-order valence-corrected chi connectivity index (χ2v) is 7.37. The van der Waals surface area contributed by atoms with E-state index in [-0.39, 0.29) is 19.6 Å². The van der Waals surface area contributed by atoms with E-state index in [1.165, 1.54) is 32.1 Å². The first-order valence-corrected chi connectivity index (χ1v) is 10.6. The van der Waals surface area contributed by atoms with Gasteiger partial charge in [-0.15, -0.1) is 0 Å². The van der Waals surface area contributed by atoms with Crippen LogP contribution in [0.2, 0.25) is 0 Å². The molecule has 166 valence electrons. The Labute approximate surface area is 167 Å². The lowest BCUT2D eigenvalue weighted by Crippen LogP contribution is -2.52. The van der Waals surface area contributed by atoms with Gasteiger partial charge in [-0.2, -0.15) is 0 Å². The van der Waals surface area contributed by atoms with E-state index in [0.717, 1.165) is 19.3 Å².